The van der Waals surface area contributed by atoms with E-state index in [1.165, 1.54) is 22.6 Å². The Hall–Kier alpha value is -1.39. The molecule has 1 N–H and O–H groups in total. The molecule has 0 spiro atoms. The maximum absolute atomic E-state index is 12.5. The third-order valence-electron chi connectivity index (χ3n) is 4.66. The van der Waals surface area contributed by atoms with E-state index in [2.05, 4.69) is 26.1 Å². The number of esters is 2. The maximum atomic E-state index is 12.5. The molecule has 11 heteroatoms. The molecule has 0 aromatic heterocycles. The molecule has 2 amide bonds. The largest absolute Gasteiger partial charge is 0.467 e. The van der Waals surface area contributed by atoms with Gasteiger partial charge in [0.25, 0.3) is 0 Å². The minimum absolute atomic E-state index is 0. The average molecular weight is 546 g/mol. The van der Waals surface area contributed by atoms with Crippen LogP contribution in [0.15, 0.2) is 0 Å². The fraction of sp³-hybridized carbons (Fsp3) is 0.727. The van der Waals surface area contributed by atoms with Crippen molar-refractivity contribution in [2.45, 2.75) is 58.1 Å². The molecule has 0 bridgehead atoms. The zero-order chi connectivity index (χ0) is 24.9. The first-order valence-electron chi connectivity index (χ1n) is 10.7. The van der Waals surface area contributed by atoms with Crippen LogP contribution in [0.4, 0.5) is 4.79 Å². The van der Waals surface area contributed by atoms with Crippen LogP contribution in [-0.2, 0) is 61.3 Å². The van der Waals surface area contributed by atoms with Crippen molar-refractivity contribution in [3.05, 3.63) is 13.8 Å². The van der Waals surface area contributed by atoms with Crippen molar-refractivity contribution in [3.8, 4) is 0 Å². The first kappa shape index (κ1) is 33.8. The Balaban J connectivity index is 0. The number of nitrogens with one attached hydrogen (secondary N) is 1. The predicted octanol–water partition coefficient (Wildman–Crippen LogP) is 1.58. The van der Waals surface area contributed by atoms with Gasteiger partial charge in [-0.3, -0.25) is 4.90 Å². The van der Waals surface area contributed by atoms with Gasteiger partial charge in [-0.1, -0.05) is 19.8 Å². The Morgan fingerprint density at radius 3 is 1.76 bits per heavy atom. The van der Waals surface area contributed by atoms with Gasteiger partial charge in [0.2, 0.25) is 5.54 Å². The van der Waals surface area contributed by atoms with Gasteiger partial charge < -0.3 is 43.1 Å². The summed E-state index contributed by atoms with van der Waals surface area (Å²) in [6, 6.07) is 0. The Labute approximate surface area is 223 Å². The van der Waals surface area contributed by atoms with Crippen LogP contribution in [0.25, 0.3) is 0 Å². The molecule has 33 heavy (non-hydrogen) atoms. The summed E-state index contributed by atoms with van der Waals surface area (Å²) < 4.78 is 14.9. The molecule has 0 aromatic rings. The Morgan fingerprint density at radius 1 is 0.970 bits per heavy atom. The smallest absolute Gasteiger partial charge is 0.410 e. The van der Waals surface area contributed by atoms with Gasteiger partial charge in [0.1, 0.15) is 5.60 Å². The van der Waals surface area contributed by atoms with Crippen LogP contribution in [0.5, 0.6) is 0 Å². The summed E-state index contributed by atoms with van der Waals surface area (Å²) in [7, 11) is 2.28. The normalized spacial score (nSPS) is 14.1. The molecule has 1 fully saturated rings. The van der Waals surface area contributed by atoms with Gasteiger partial charge in [0.15, 0.2) is 0 Å². The predicted molar refractivity (Wildman–Crippen MR) is 119 cm³/mol. The van der Waals surface area contributed by atoms with E-state index in [1.54, 1.807) is 20.8 Å². The van der Waals surface area contributed by atoms with Crippen LogP contribution in [0.2, 0.25) is 0 Å². The Bertz CT molecular complexity index is 612. The second-order valence-corrected chi connectivity index (χ2v) is 8.28. The van der Waals surface area contributed by atoms with E-state index >= 15 is 0 Å². The monoisotopic (exact) mass is 546 g/mol. The minimum Gasteiger partial charge on any atom is -0.467 e. The summed E-state index contributed by atoms with van der Waals surface area (Å²) in [6.07, 6.45) is 3.18. The van der Waals surface area contributed by atoms with Crippen LogP contribution in [-0.4, -0.2) is 91.8 Å². The van der Waals surface area contributed by atoms with E-state index in [0.717, 1.165) is 20.6 Å². The quantitative estimate of drug-likeness (QED) is 0.222. The number of hydrogen-bond acceptors (Lipinski definition) is 8. The molecule has 1 aliphatic rings. The van der Waals surface area contributed by atoms with Crippen molar-refractivity contribution >= 4 is 23.9 Å². The summed E-state index contributed by atoms with van der Waals surface area (Å²) in [5, 5.41) is 2.38. The maximum Gasteiger partial charge on any atom is 0.410 e. The van der Waals surface area contributed by atoms with Gasteiger partial charge in [0, 0.05) is 58.9 Å². The molecule has 0 unspecified atom stereocenters. The number of ether oxygens (including phenoxy) is 3. The molecular formula is C22H39N3O7Y-2. The number of carbonyl (C=O) groups excluding carboxylic acids is 4. The molecule has 10 nitrogen and oxygen atoms in total. The zero-order valence-electron chi connectivity index (χ0n) is 20.9. The number of carbonyl (C=O) groups is 4. The van der Waals surface area contributed by atoms with E-state index in [1.807, 2.05) is 0 Å². The molecule has 0 saturated carbocycles. The first-order valence-corrected chi connectivity index (χ1v) is 10.7. The molecular weight excluding hydrogens is 507 g/mol. The number of hydrogen-bond donors (Lipinski definition) is 1. The Morgan fingerprint density at radius 2 is 1.45 bits per heavy atom. The summed E-state index contributed by atoms with van der Waals surface area (Å²) in [4.78, 5) is 51.5. The third kappa shape index (κ3) is 11.1. The van der Waals surface area contributed by atoms with Gasteiger partial charge >= 0.3 is 18.0 Å². The number of nitrogens with zero attached hydrogens (tertiary/aromatic N) is 2. The van der Waals surface area contributed by atoms with Gasteiger partial charge in [-0.2, -0.15) is 6.42 Å². The van der Waals surface area contributed by atoms with Crippen LogP contribution < -0.4 is 5.32 Å². The SMILES string of the molecule is [CH2-]C(=O)NCC(C(=O)OC)(C(=O)OC)N1CCN(C(=O)OC(C)(C)C)CC1.[CH2-]CCCC.[Y]. The van der Waals surface area contributed by atoms with E-state index in [0.29, 0.717) is 0 Å². The standard InChI is InChI=1S/C17H28N3O7.C5H11.Y/c1-12(21)18-11-17(13(22)25-5,14(23)26-6)20-9-7-19(8-10-20)15(24)27-16(2,3)4;1-3-5-4-2;/h1,7-11H2,2-6H3,(H,18,21);1,3-5H2,2H3;/q2*-1;. The van der Waals surface area contributed by atoms with Crippen LogP contribution in [0.1, 0.15) is 47.0 Å². The van der Waals surface area contributed by atoms with Crippen molar-refractivity contribution in [1.29, 1.82) is 0 Å². The van der Waals surface area contributed by atoms with Gasteiger partial charge in [-0.25, -0.2) is 14.4 Å². The molecule has 0 aliphatic carbocycles. The van der Waals surface area contributed by atoms with Crippen LogP contribution in [0.3, 0.4) is 0 Å². The molecule has 1 rings (SSSR count). The summed E-state index contributed by atoms with van der Waals surface area (Å²) >= 11 is 0. The number of piperazine rings is 1. The molecule has 0 aromatic carbocycles. The first-order chi connectivity index (χ1) is 14.9. The fourth-order valence-corrected chi connectivity index (χ4v) is 3.01. The summed E-state index contributed by atoms with van der Waals surface area (Å²) in [5.74, 6) is -2.39. The second kappa shape index (κ2) is 16.3. The number of amides is 2. The number of methoxy groups -OCH3 is 2. The van der Waals surface area contributed by atoms with Crippen molar-refractivity contribution < 1.29 is 66.1 Å². The van der Waals surface area contributed by atoms with E-state index < -0.39 is 35.1 Å². The Kier molecular flexibility index (Phi) is 16.7. The molecule has 0 atom stereocenters. The fourth-order valence-electron chi connectivity index (χ4n) is 3.01. The number of unbranched alkanes of at least 4 members (excludes halogenated alkanes) is 2. The van der Waals surface area contributed by atoms with E-state index in [-0.39, 0.29) is 65.4 Å². The summed E-state index contributed by atoms with van der Waals surface area (Å²) in [6.45, 7) is 14.8. The van der Waals surface area contributed by atoms with Crippen molar-refractivity contribution in [3.63, 3.8) is 0 Å². The molecule has 1 saturated heterocycles. The van der Waals surface area contributed by atoms with Crippen LogP contribution >= 0.6 is 0 Å². The average Bonchev–Trinajstić information content (AvgIpc) is 2.73. The molecule has 1 heterocycles. The summed E-state index contributed by atoms with van der Waals surface area (Å²) in [5.41, 5.74) is -2.49. The zero-order valence-corrected chi connectivity index (χ0v) is 23.7. The minimum atomic E-state index is -1.86. The third-order valence-corrected chi connectivity index (χ3v) is 4.66. The second-order valence-electron chi connectivity index (χ2n) is 8.28. The van der Waals surface area contributed by atoms with Crippen molar-refractivity contribution in [2.75, 3.05) is 46.9 Å². The van der Waals surface area contributed by atoms with Crippen LogP contribution in [0, 0.1) is 13.8 Å². The van der Waals surface area contributed by atoms with E-state index in [4.69, 9.17) is 14.2 Å². The van der Waals surface area contributed by atoms with Crippen molar-refractivity contribution in [2.24, 2.45) is 0 Å². The van der Waals surface area contributed by atoms with E-state index in [9.17, 15) is 19.2 Å². The van der Waals surface area contributed by atoms with Gasteiger partial charge in [-0.15, -0.1) is 0 Å². The number of rotatable bonds is 7. The van der Waals surface area contributed by atoms with Gasteiger partial charge in [-0.05, 0) is 20.8 Å². The topological polar surface area (TPSA) is 114 Å². The molecule has 189 valence electrons. The molecule has 1 aliphatic heterocycles. The van der Waals surface area contributed by atoms with Crippen molar-refractivity contribution in [1.82, 2.24) is 15.1 Å². The van der Waals surface area contributed by atoms with Gasteiger partial charge in [0.05, 0.1) is 26.7 Å². The molecule has 1 radical (unpaired) electrons.